The molecule has 3 rings (SSSR count). The Balaban J connectivity index is 1.74. The SMILES string of the molecule is CCc1cc(-c2cnn(CC3CCOCC3)c2)ccc1N. The average Bonchev–Trinajstić information content (AvgIpc) is 2.97. The van der Waals surface area contributed by atoms with Crippen molar-refractivity contribution in [3.8, 4) is 11.1 Å². The van der Waals surface area contributed by atoms with Crippen molar-refractivity contribution >= 4 is 5.69 Å². The van der Waals surface area contributed by atoms with Crippen LogP contribution in [0.25, 0.3) is 11.1 Å². The molecule has 1 aromatic carbocycles. The Morgan fingerprint density at radius 1 is 1.29 bits per heavy atom. The second-order valence-electron chi connectivity index (χ2n) is 5.77. The number of aryl methyl sites for hydroxylation is 1. The number of aromatic nitrogens is 2. The van der Waals surface area contributed by atoms with Gasteiger partial charge >= 0.3 is 0 Å². The lowest BCUT2D eigenvalue weighted by Crippen LogP contribution is -2.20. The first-order valence-electron chi connectivity index (χ1n) is 7.75. The highest BCUT2D eigenvalue weighted by Gasteiger charge is 2.15. The number of hydrogen-bond acceptors (Lipinski definition) is 3. The van der Waals surface area contributed by atoms with Crippen molar-refractivity contribution in [1.29, 1.82) is 0 Å². The number of nitrogens with zero attached hydrogens (tertiary/aromatic N) is 2. The van der Waals surface area contributed by atoms with E-state index in [-0.39, 0.29) is 0 Å². The van der Waals surface area contributed by atoms with Gasteiger partial charge in [0.2, 0.25) is 0 Å². The molecule has 1 fully saturated rings. The predicted octanol–water partition coefficient (Wildman–Crippen LogP) is 3.12. The summed E-state index contributed by atoms with van der Waals surface area (Å²) in [5, 5.41) is 4.51. The maximum Gasteiger partial charge on any atom is 0.0568 e. The van der Waals surface area contributed by atoms with E-state index >= 15 is 0 Å². The summed E-state index contributed by atoms with van der Waals surface area (Å²) in [4.78, 5) is 0. The van der Waals surface area contributed by atoms with Crippen LogP contribution in [-0.4, -0.2) is 23.0 Å². The molecule has 21 heavy (non-hydrogen) atoms. The fourth-order valence-electron chi connectivity index (χ4n) is 2.90. The molecule has 1 aliphatic heterocycles. The van der Waals surface area contributed by atoms with Gasteiger partial charge in [0.1, 0.15) is 0 Å². The molecule has 1 aromatic heterocycles. The molecular formula is C17H23N3O. The van der Waals surface area contributed by atoms with Crippen LogP contribution in [0.15, 0.2) is 30.6 Å². The van der Waals surface area contributed by atoms with E-state index in [1.54, 1.807) is 0 Å². The minimum absolute atomic E-state index is 0.684. The molecule has 2 heterocycles. The number of nitrogens with two attached hydrogens (primary N) is 1. The van der Waals surface area contributed by atoms with Gasteiger partial charge in [-0.1, -0.05) is 13.0 Å². The summed E-state index contributed by atoms with van der Waals surface area (Å²) in [7, 11) is 0. The molecule has 4 heteroatoms. The Bertz CT molecular complexity index is 600. The van der Waals surface area contributed by atoms with Crippen LogP contribution in [0.2, 0.25) is 0 Å². The van der Waals surface area contributed by atoms with Gasteiger partial charge in [-0.2, -0.15) is 5.10 Å². The Hall–Kier alpha value is -1.81. The summed E-state index contributed by atoms with van der Waals surface area (Å²) in [6.45, 7) is 4.89. The third-order valence-corrected chi connectivity index (χ3v) is 4.28. The molecule has 2 aromatic rings. The van der Waals surface area contributed by atoms with Crippen molar-refractivity contribution in [3.63, 3.8) is 0 Å². The van der Waals surface area contributed by atoms with E-state index in [1.165, 1.54) is 11.1 Å². The van der Waals surface area contributed by atoms with Gasteiger partial charge in [0.15, 0.2) is 0 Å². The summed E-state index contributed by atoms with van der Waals surface area (Å²) >= 11 is 0. The highest BCUT2D eigenvalue weighted by molar-refractivity contribution is 5.66. The molecule has 0 saturated carbocycles. The third kappa shape index (κ3) is 3.27. The van der Waals surface area contributed by atoms with E-state index in [9.17, 15) is 0 Å². The molecule has 1 saturated heterocycles. The van der Waals surface area contributed by atoms with E-state index in [1.807, 2.05) is 12.3 Å². The van der Waals surface area contributed by atoms with Crippen molar-refractivity contribution < 1.29 is 4.74 Å². The van der Waals surface area contributed by atoms with E-state index in [0.29, 0.717) is 5.92 Å². The molecule has 1 aliphatic rings. The Labute approximate surface area is 125 Å². The fraction of sp³-hybridized carbons (Fsp3) is 0.471. The number of rotatable bonds is 4. The topological polar surface area (TPSA) is 53.1 Å². The van der Waals surface area contributed by atoms with Gasteiger partial charge in [0, 0.05) is 37.2 Å². The van der Waals surface area contributed by atoms with Gasteiger partial charge in [0.25, 0.3) is 0 Å². The van der Waals surface area contributed by atoms with Gasteiger partial charge in [-0.3, -0.25) is 4.68 Å². The first kappa shape index (κ1) is 14.1. The van der Waals surface area contributed by atoms with Gasteiger partial charge in [-0.15, -0.1) is 0 Å². The van der Waals surface area contributed by atoms with Crippen molar-refractivity contribution in [1.82, 2.24) is 9.78 Å². The van der Waals surface area contributed by atoms with Crippen molar-refractivity contribution in [2.45, 2.75) is 32.7 Å². The maximum absolute atomic E-state index is 5.97. The van der Waals surface area contributed by atoms with Crippen LogP contribution < -0.4 is 5.73 Å². The van der Waals surface area contributed by atoms with Crippen LogP contribution >= 0.6 is 0 Å². The molecule has 0 bridgehead atoms. The number of benzene rings is 1. The fourth-order valence-corrected chi connectivity index (χ4v) is 2.90. The summed E-state index contributed by atoms with van der Waals surface area (Å²) in [6, 6.07) is 6.24. The predicted molar refractivity (Wildman–Crippen MR) is 85.0 cm³/mol. The molecule has 0 unspecified atom stereocenters. The van der Waals surface area contributed by atoms with Crippen molar-refractivity contribution in [3.05, 3.63) is 36.2 Å². The lowest BCUT2D eigenvalue weighted by Gasteiger charge is -2.21. The van der Waals surface area contributed by atoms with Crippen LogP contribution in [0.5, 0.6) is 0 Å². The first-order valence-corrected chi connectivity index (χ1v) is 7.75. The van der Waals surface area contributed by atoms with E-state index in [0.717, 1.165) is 50.3 Å². The van der Waals surface area contributed by atoms with Gasteiger partial charge in [-0.25, -0.2) is 0 Å². The van der Waals surface area contributed by atoms with Crippen LogP contribution in [0.4, 0.5) is 5.69 Å². The normalized spacial score (nSPS) is 16.2. The van der Waals surface area contributed by atoms with Crippen LogP contribution in [0.1, 0.15) is 25.3 Å². The van der Waals surface area contributed by atoms with E-state index < -0.39 is 0 Å². The molecule has 0 atom stereocenters. The Kier molecular flexibility index (Phi) is 4.25. The van der Waals surface area contributed by atoms with Gasteiger partial charge < -0.3 is 10.5 Å². The summed E-state index contributed by atoms with van der Waals surface area (Å²) in [6.07, 6.45) is 7.31. The number of anilines is 1. The summed E-state index contributed by atoms with van der Waals surface area (Å²) in [5.74, 6) is 0.684. The zero-order valence-electron chi connectivity index (χ0n) is 12.6. The van der Waals surface area contributed by atoms with Gasteiger partial charge in [0.05, 0.1) is 6.20 Å². The molecule has 0 radical (unpaired) electrons. The molecule has 0 spiro atoms. The van der Waals surface area contributed by atoms with Crippen LogP contribution in [0, 0.1) is 5.92 Å². The number of hydrogen-bond donors (Lipinski definition) is 1. The highest BCUT2D eigenvalue weighted by atomic mass is 16.5. The lowest BCUT2D eigenvalue weighted by atomic mass is 10.0. The molecule has 0 amide bonds. The van der Waals surface area contributed by atoms with Crippen molar-refractivity contribution in [2.75, 3.05) is 18.9 Å². The zero-order chi connectivity index (χ0) is 14.7. The average molecular weight is 285 g/mol. The molecular weight excluding hydrogens is 262 g/mol. The number of ether oxygens (including phenoxy) is 1. The van der Waals surface area contributed by atoms with Crippen LogP contribution in [0.3, 0.4) is 0 Å². The van der Waals surface area contributed by atoms with Gasteiger partial charge in [-0.05, 0) is 48.4 Å². The minimum Gasteiger partial charge on any atom is -0.399 e. The standard InChI is InChI=1S/C17H23N3O/c1-2-14-9-15(3-4-17(14)18)16-10-19-20(12-16)11-13-5-7-21-8-6-13/h3-4,9-10,12-13H,2,5-8,11,18H2,1H3. The summed E-state index contributed by atoms with van der Waals surface area (Å²) in [5.41, 5.74) is 10.4. The smallest absolute Gasteiger partial charge is 0.0568 e. The monoisotopic (exact) mass is 285 g/mol. The number of nitrogen functional groups attached to an aromatic ring is 1. The second kappa shape index (κ2) is 6.31. The van der Waals surface area contributed by atoms with E-state index in [4.69, 9.17) is 10.5 Å². The lowest BCUT2D eigenvalue weighted by molar-refractivity contribution is 0.0601. The Morgan fingerprint density at radius 3 is 2.86 bits per heavy atom. The van der Waals surface area contributed by atoms with E-state index in [2.05, 4.69) is 35.0 Å². The molecule has 2 N–H and O–H groups in total. The molecule has 112 valence electrons. The first-order chi connectivity index (χ1) is 10.3. The molecule has 4 nitrogen and oxygen atoms in total. The van der Waals surface area contributed by atoms with Crippen molar-refractivity contribution in [2.24, 2.45) is 5.92 Å². The van der Waals surface area contributed by atoms with Crippen LogP contribution in [-0.2, 0) is 17.7 Å². The second-order valence-corrected chi connectivity index (χ2v) is 5.77. The highest BCUT2D eigenvalue weighted by Crippen LogP contribution is 2.24. The zero-order valence-corrected chi connectivity index (χ0v) is 12.6. The minimum atomic E-state index is 0.684. The Morgan fingerprint density at radius 2 is 2.10 bits per heavy atom. The third-order valence-electron chi connectivity index (χ3n) is 4.28. The summed E-state index contributed by atoms with van der Waals surface area (Å²) < 4.78 is 7.47. The largest absolute Gasteiger partial charge is 0.399 e. The molecule has 0 aliphatic carbocycles. The maximum atomic E-state index is 5.97. The quantitative estimate of drug-likeness (QED) is 0.878.